The minimum absolute atomic E-state index is 0.0943. The normalized spacial score (nSPS) is 30.4. The Kier molecular flexibility index (Phi) is 4.05. The summed E-state index contributed by atoms with van der Waals surface area (Å²) in [5.74, 6) is 0.616. The summed E-state index contributed by atoms with van der Waals surface area (Å²) in [7, 11) is 0. The Morgan fingerprint density at radius 1 is 1.47 bits per heavy atom. The predicted molar refractivity (Wildman–Crippen MR) is 66.3 cm³/mol. The summed E-state index contributed by atoms with van der Waals surface area (Å²) in [5.41, 5.74) is 5.28. The zero-order valence-electron chi connectivity index (χ0n) is 10.5. The summed E-state index contributed by atoms with van der Waals surface area (Å²) in [6.45, 7) is 3.02. The molecule has 0 radical (unpaired) electrons. The minimum Gasteiger partial charge on any atom is -0.396 e. The van der Waals surface area contributed by atoms with Gasteiger partial charge in [0.2, 0.25) is 5.91 Å². The Morgan fingerprint density at radius 3 is 2.82 bits per heavy atom. The van der Waals surface area contributed by atoms with Gasteiger partial charge in [0.15, 0.2) is 0 Å². The van der Waals surface area contributed by atoms with E-state index in [0.29, 0.717) is 6.42 Å². The minimum atomic E-state index is -0.229. The molecule has 98 valence electrons. The second-order valence-electron chi connectivity index (χ2n) is 5.90. The first kappa shape index (κ1) is 12.8. The van der Waals surface area contributed by atoms with Gasteiger partial charge in [-0.15, -0.1) is 0 Å². The van der Waals surface area contributed by atoms with Gasteiger partial charge in [-0.3, -0.25) is 4.79 Å². The number of carbonyl (C=O) groups excluding carboxylic acids is 1. The van der Waals surface area contributed by atoms with E-state index in [9.17, 15) is 9.90 Å². The molecule has 0 unspecified atom stereocenters. The van der Waals surface area contributed by atoms with Crippen molar-refractivity contribution in [3.05, 3.63) is 0 Å². The van der Waals surface area contributed by atoms with Gasteiger partial charge in [0.1, 0.15) is 0 Å². The smallest absolute Gasteiger partial charge is 0.218 e. The van der Waals surface area contributed by atoms with E-state index < -0.39 is 0 Å². The maximum Gasteiger partial charge on any atom is 0.218 e. The predicted octanol–water partition coefficient (Wildman–Crippen LogP) is 0.736. The van der Waals surface area contributed by atoms with Crippen LogP contribution in [0.4, 0.5) is 0 Å². The van der Waals surface area contributed by atoms with Crippen molar-refractivity contribution in [1.82, 2.24) is 4.90 Å². The van der Waals surface area contributed by atoms with Gasteiger partial charge in [-0.05, 0) is 31.7 Å². The second-order valence-corrected chi connectivity index (χ2v) is 5.90. The molecule has 2 aliphatic rings. The molecule has 4 heteroatoms. The SMILES string of the molecule is NC(=O)CCN1CCC[C@@](CO)(CC2CC2)C1. The lowest BCUT2D eigenvalue weighted by Gasteiger charge is -2.42. The molecule has 0 aromatic carbocycles. The summed E-state index contributed by atoms with van der Waals surface area (Å²) >= 11 is 0. The molecule has 17 heavy (non-hydrogen) atoms. The highest BCUT2D eigenvalue weighted by atomic mass is 16.3. The molecule has 1 amide bonds. The first-order chi connectivity index (χ1) is 8.13. The topological polar surface area (TPSA) is 66.6 Å². The molecule has 4 nitrogen and oxygen atoms in total. The standard InChI is InChI=1S/C13H24N2O2/c14-12(17)4-7-15-6-1-5-13(9-15,10-16)8-11-2-3-11/h11,16H,1-10H2,(H2,14,17)/t13-/m1/s1. The van der Waals surface area contributed by atoms with E-state index in [1.807, 2.05) is 0 Å². The van der Waals surface area contributed by atoms with Crippen molar-refractivity contribution in [2.24, 2.45) is 17.1 Å². The van der Waals surface area contributed by atoms with Gasteiger partial charge in [0.25, 0.3) is 0 Å². The number of aliphatic hydroxyl groups excluding tert-OH is 1. The largest absolute Gasteiger partial charge is 0.396 e. The molecule has 1 heterocycles. The molecule has 0 bridgehead atoms. The molecule has 0 spiro atoms. The number of likely N-dealkylation sites (tertiary alicyclic amines) is 1. The monoisotopic (exact) mass is 240 g/mol. The molecule has 2 rings (SSSR count). The quantitative estimate of drug-likeness (QED) is 0.719. The molecule has 0 aromatic heterocycles. The molecule has 1 saturated heterocycles. The van der Waals surface area contributed by atoms with Gasteiger partial charge in [0.05, 0.1) is 0 Å². The van der Waals surface area contributed by atoms with Crippen molar-refractivity contribution in [2.75, 3.05) is 26.2 Å². The maximum absolute atomic E-state index is 10.8. The highest BCUT2D eigenvalue weighted by Crippen LogP contribution is 2.44. The summed E-state index contributed by atoms with van der Waals surface area (Å²) in [6, 6.07) is 0. The van der Waals surface area contributed by atoms with E-state index >= 15 is 0 Å². The Morgan fingerprint density at radius 2 is 2.24 bits per heavy atom. The second kappa shape index (κ2) is 5.36. The third kappa shape index (κ3) is 3.68. The van der Waals surface area contributed by atoms with E-state index in [-0.39, 0.29) is 17.9 Å². The van der Waals surface area contributed by atoms with Gasteiger partial charge >= 0.3 is 0 Å². The Bertz CT molecular complexity index is 279. The van der Waals surface area contributed by atoms with Crippen molar-refractivity contribution in [3.63, 3.8) is 0 Å². The molecule has 1 saturated carbocycles. The van der Waals surface area contributed by atoms with Crippen LogP contribution in [-0.2, 0) is 4.79 Å². The summed E-state index contributed by atoms with van der Waals surface area (Å²) in [5, 5.41) is 9.70. The molecule has 1 atom stereocenters. The number of piperidine rings is 1. The van der Waals surface area contributed by atoms with E-state index in [4.69, 9.17) is 5.73 Å². The fraction of sp³-hybridized carbons (Fsp3) is 0.923. The Hall–Kier alpha value is -0.610. The fourth-order valence-electron chi connectivity index (χ4n) is 3.06. The van der Waals surface area contributed by atoms with Crippen molar-refractivity contribution in [3.8, 4) is 0 Å². The average molecular weight is 240 g/mol. The number of hydrogen-bond acceptors (Lipinski definition) is 3. The van der Waals surface area contributed by atoms with E-state index in [0.717, 1.165) is 44.8 Å². The highest BCUT2D eigenvalue weighted by molar-refractivity contribution is 5.73. The number of carbonyl (C=O) groups is 1. The first-order valence-electron chi connectivity index (χ1n) is 6.75. The van der Waals surface area contributed by atoms with Crippen LogP contribution in [0.5, 0.6) is 0 Å². The number of aliphatic hydroxyl groups is 1. The van der Waals surface area contributed by atoms with Crippen molar-refractivity contribution >= 4 is 5.91 Å². The number of amides is 1. The molecule has 3 N–H and O–H groups in total. The first-order valence-corrected chi connectivity index (χ1v) is 6.75. The van der Waals surface area contributed by atoms with Crippen LogP contribution >= 0.6 is 0 Å². The van der Waals surface area contributed by atoms with Gasteiger partial charge in [-0.2, -0.15) is 0 Å². The van der Waals surface area contributed by atoms with Gasteiger partial charge in [0, 0.05) is 31.5 Å². The van der Waals surface area contributed by atoms with Crippen LogP contribution in [0.1, 0.15) is 38.5 Å². The molecule has 1 aliphatic carbocycles. The van der Waals surface area contributed by atoms with Crippen molar-refractivity contribution < 1.29 is 9.90 Å². The summed E-state index contributed by atoms with van der Waals surface area (Å²) < 4.78 is 0. The molecule has 2 fully saturated rings. The van der Waals surface area contributed by atoms with Crippen LogP contribution in [0, 0.1) is 11.3 Å². The van der Waals surface area contributed by atoms with E-state index in [2.05, 4.69) is 4.90 Å². The van der Waals surface area contributed by atoms with Crippen LogP contribution in [0.2, 0.25) is 0 Å². The van der Waals surface area contributed by atoms with E-state index in [1.54, 1.807) is 0 Å². The fourth-order valence-corrected chi connectivity index (χ4v) is 3.06. The Labute approximate surface area is 103 Å². The zero-order chi connectivity index (χ0) is 12.3. The van der Waals surface area contributed by atoms with Gasteiger partial charge in [-0.25, -0.2) is 0 Å². The highest BCUT2D eigenvalue weighted by Gasteiger charge is 2.39. The zero-order valence-corrected chi connectivity index (χ0v) is 10.5. The van der Waals surface area contributed by atoms with Crippen LogP contribution in [-0.4, -0.2) is 42.2 Å². The number of primary amides is 1. The number of rotatable bonds is 6. The third-order valence-corrected chi connectivity index (χ3v) is 4.17. The van der Waals surface area contributed by atoms with Crippen LogP contribution in [0.25, 0.3) is 0 Å². The molecular weight excluding hydrogens is 216 g/mol. The van der Waals surface area contributed by atoms with E-state index in [1.165, 1.54) is 12.8 Å². The third-order valence-electron chi connectivity index (χ3n) is 4.17. The Balaban J connectivity index is 1.86. The molecule has 0 aromatic rings. The number of nitrogens with two attached hydrogens (primary N) is 1. The number of nitrogens with zero attached hydrogens (tertiary/aromatic N) is 1. The van der Waals surface area contributed by atoms with Crippen LogP contribution < -0.4 is 5.73 Å². The summed E-state index contributed by atoms with van der Waals surface area (Å²) in [4.78, 5) is 13.1. The number of hydrogen-bond donors (Lipinski definition) is 2. The average Bonchev–Trinajstić information content (AvgIpc) is 3.11. The lowest BCUT2D eigenvalue weighted by molar-refractivity contribution is -0.118. The van der Waals surface area contributed by atoms with Crippen LogP contribution in [0.3, 0.4) is 0 Å². The lowest BCUT2D eigenvalue weighted by Crippen LogP contribution is -2.46. The summed E-state index contributed by atoms with van der Waals surface area (Å²) in [6.07, 6.45) is 6.53. The molecule has 1 aliphatic heterocycles. The lowest BCUT2D eigenvalue weighted by atomic mass is 9.76. The van der Waals surface area contributed by atoms with Gasteiger partial charge in [-0.1, -0.05) is 12.8 Å². The van der Waals surface area contributed by atoms with Crippen molar-refractivity contribution in [1.29, 1.82) is 0 Å². The van der Waals surface area contributed by atoms with Crippen LogP contribution in [0.15, 0.2) is 0 Å². The van der Waals surface area contributed by atoms with Crippen molar-refractivity contribution in [2.45, 2.75) is 38.5 Å². The van der Waals surface area contributed by atoms with Gasteiger partial charge < -0.3 is 15.7 Å². The maximum atomic E-state index is 10.8. The molecular formula is C13H24N2O2.